The number of esters is 1. The summed E-state index contributed by atoms with van der Waals surface area (Å²) < 4.78 is 4.91. The van der Waals surface area contributed by atoms with Crippen LogP contribution in [-0.2, 0) is 17.6 Å². The molecule has 0 aliphatic heterocycles. The predicted octanol–water partition coefficient (Wildman–Crippen LogP) is 4.86. The number of rotatable bonds is 6. The smallest absolute Gasteiger partial charge is 0.338 e. The summed E-state index contributed by atoms with van der Waals surface area (Å²) in [5.74, 6) is -0.597. The third-order valence-electron chi connectivity index (χ3n) is 5.32. The molecular weight excluding hydrogens is 382 g/mol. The van der Waals surface area contributed by atoms with Gasteiger partial charge < -0.3 is 4.74 Å². The van der Waals surface area contributed by atoms with E-state index >= 15 is 0 Å². The molecule has 1 aliphatic carbocycles. The van der Waals surface area contributed by atoms with E-state index in [1.807, 2.05) is 13.0 Å². The molecule has 152 valence electrons. The number of carbonyl (C=O) groups is 1. The number of ether oxygens (including phenoxy) is 1. The van der Waals surface area contributed by atoms with Crippen molar-refractivity contribution in [2.24, 2.45) is 5.10 Å². The van der Waals surface area contributed by atoms with Crippen molar-refractivity contribution in [2.45, 2.75) is 26.7 Å². The van der Waals surface area contributed by atoms with Crippen molar-refractivity contribution >= 4 is 33.8 Å². The lowest BCUT2D eigenvalue weighted by atomic mass is 9.98. The van der Waals surface area contributed by atoms with Crippen LogP contribution in [0.3, 0.4) is 0 Å². The first-order chi connectivity index (χ1) is 14.5. The van der Waals surface area contributed by atoms with Gasteiger partial charge in [-0.2, -0.15) is 5.10 Å². The normalized spacial score (nSPS) is 12.8. The van der Waals surface area contributed by atoms with Gasteiger partial charge in [0, 0.05) is 11.6 Å². The Labute approximate surface area is 173 Å². The van der Waals surface area contributed by atoms with Crippen molar-refractivity contribution in [1.82, 2.24) is 0 Å². The number of hydrazone groups is 1. The molecule has 0 unspecified atom stereocenters. The highest BCUT2D eigenvalue weighted by molar-refractivity contribution is 6.11. The van der Waals surface area contributed by atoms with E-state index in [1.54, 1.807) is 6.92 Å². The summed E-state index contributed by atoms with van der Waals surface area (Å²) in [4.78, 5) is 22.8. The van der Waals surface area contributed by atoms with E-state index < -0.39 is 10.9 Å². The van der Waals surface area contributed by atoms with E-state index in [2.05, 4.69) is 34.8 Å². The van der Waals surface area contributed by atoms with Crippen molar-refractivity contribution < 1.29 is 14.5 Å². The van der Waals surface area contributed by atoms with Crippen LogP contribution in [0.25, 0.3) is 10.8 Å². The Hall–Kier alpha value is -3.74. The highest BCUT2D eigenvalue weighted by Gasteiger charge is 2.19. The van der Waals surface area contributed by atoms with Crippen molar-refractivity contribution in [3.63, 3.8) is 0 Å². The van der Waals surface area contributed by atoms with E-state index in [0.717, 1.165) is 29.5 Å². The summed E-state index contributed by atoms with van der Waals surface area (Å²) in [5.41, 5.74) is 7.28. The van der Waals surface area contributed by atoms with Gasteiger partial charge >= 0.3 is 5.97 Å². The van der Waals surface area contributed by atoms with Gasteiger partial charge in [0.25, 0.3) is 5.69 Å². The molecule has 3 aromatic carbocycles. The van der Waals surface area contributed by atoms with E-state index in [9.17, 15) is 14.9 Å². The van der Waals surface area contributed by atoms with Gasteiger partial charge in [0.05, 0.1) is 22.8 Å². The van der Waals surface area contributed by atoms with Crippen molar-refractivity contribution in [2.75, 3.05) is 12.0 Å². The first kappa shape index (κ1) is 19.6. The van der Waals surface area contributed by atoms with Gasteiger partial charge in [-0.25, -0.2) is 4.79 Å². The first-order valence-corrected chi connectivity index (χ1v) is 9.79. The second-order valence-corrected chi connectivity index (χ2v) is 7.13. The minimum Gasteiger partial charge on any atom is -0.462 e. The van der Waals surface area contributed by atoms with Crippen LogP contribution in [0, 0.1) is 10.1 Å². The number of benzene rings is 3. The standard InChI is InChI=1S/C23H21N3O4/c1-3-30-23(27)17-10-12-20(21(13-17)26(28)29)25-24-14(2)18-11-9-16-8-7-15-5-4-6-19(18)22(15)16/h4-6,9-13,25H,3,7-8H2,1-2H3/b24-14-. The molecule has 0 aromatic heterocycles. The summed E-state index contributed by atoms with van der Waals surface area (Å²) in [6, 6.07) is 14.6. The lowest BCUT2D eigenvalue weighted by molar-refractivity contribution is -0.384. The zero-order chi connectivity index (χ0) is 21.3. The SMILES string of the molecule is CCOC(=O)c1ccc(N/N=C(/C)c2ccc3c4c(cccc24)CC3)c([N+](=O)[O-])c1. The van der Waals surface area contributed by atoms with Gasteiger partial charge in [0.15, 0.2) is 0 Å². The molecule has 0 heterocycles. The summed E-state index contributed by atoms with van der Waals surface area (Å²) in [6.07, 6.45) is 2.09. The zero-order valence-electron chi connectivity index (χ0n) is 16.8. The molecule has 30 heavy (non-hydrogen) atoms. The number of nitrogens with one attached hydrogen (secondary N) is 1. The second-order valence-electron chi connectivity index (χ2n) is 7.13. The quantitative estimate of drug-likeness (QED) is 0.275. The lowest BCUT2D eigenvalue weighted by Gasteiger charge is -2.10. The average molecular weight is 403 g/mol. The number of nitro groups is 1. The molecular formula is C23H21N3O4. The van der Waals surface area contributed by atoms with Gasteiger partial charge in [0.2, 0.25) is 0 Å². The van der Waals surface area contributed by atoms with Crippen LogP contribution in [0.5, 0.6) is 0 Å². The van der Waals surface area contributed by atoms with Crippen molar-refractivity contribution in [1.29, 1.82) is 0 Å². The van der Waals surface area contributed by atoms with Gasteiger partial charge in [-0.15, -0.1) is 0 Å². The Morgan fingerprint density at radius 2 is 1.93 bits per heavy atom. The van der Waals surface area contributed by atoms with Crippen LogP contribution in [0.15, 0.2) is 53.6 Å². The average Bonchev–Trinajstić information content (AvgIpc) is 3.17. The minimum atomic E-state index is -0.597. The molecule has 7 nitrogen and oxygen atoms in total. The fourth-order valence-corrected chi connectivity index (χ4v) is 3.89. The number of hydrogen-bond acceptors (Lipinski definition) is 6. The van der Waals surface area contributed by atoms with Gasteiger partial charge in [-0.05, 0) is 60.7 Å². The van der Waals surface area contributed by atoms with Gasteiger partial charge in [-0.3, -0.25) is 15.5 Å². The maximum absolute atomic E-state index is 11.9. The third kappa shape index (κ3) is 3.50. The topological polar surface area (TPSA) is 93.8 Å². The summed E-state index contributed by atoms with van der Waals surface area (Å²) in [7, 11) is 0. The summed E-state index contributed by atoms with van der Waals surface area (Å²) in [5, 5.41) is 18.3. The van der Waals surface area contributed by atoms with Crippen LogP contribution >= 0.6 is 0 Å². The van der Waals surface area contributed by atoms with Crippen LogP contribution in [0.4, 0.5) is 11.4 Å². The number of carbonyl (C=O) groups excluding carboxylic acids is 1. The molecule has 0 bridgehead atoms. The molecule has 0 saturated carbocycles. The van der Waals surface area contributed by atoms with Crippen LogP contribution in [0.2, 0.25) is 0 Å². The zero-order valence-corrected chi connectivity index (χ0v) is 16.8. The van der Waals surface area contributed by atoms with Crippen LogP contribution < -0.4 is 5.43 Å². The van der Waals surface area contributed by atoms with E-state index in [-0.39, 0.29) is 23.5 Å². The summed E-state index contributed by atoms with van der Waals surface area (Å²) >= 11 is 0. The van der Waals surface area contributed by atoms with Gasteiger partial charge in [-0.1, -0.05) is 30.3 Å². The molecule has 0 atom stereocenters. The Kier molecular flexibility index (Phi) is 5.18. The number of aryl methyl sites for hydroxylation is 2. The fraction of sp³-hybridized carbons (Fsp3) is 0.217. The second kappa shape index (κ2) is 7.94. The predicted molar refractivity (Wildman–Crippen MR) is 116 cm³/mol. The van der Waals surface area contributed by atoms with Gasteiger partial charge in [0.1, 0.15) is 5.69 Å². The monoisotopic (exact) mass is 403 g/mol. The molecule has 1 aliphatic rings. The molecule has 0 fully saturated rings. The number of anilines is 1. The lowest BCUT2D eigenvalue weighted by Crippen LogP contribution is -2.07. The van der Waals surface area contributed by atoms with E-state index in [4.69, 9.17) is 4.74 Å². The van der Waals surface area contributed by atoms with Crippen molar-refractivity contribution in [3.8, 4) is 0 Å². The number of nitrogens with zero attached hydrogens (tertiary/aromatic N) is 2. The highest BCUT2D eigenvalue weighted by atomic mass is 16.6. The highest BCUT2D eigenvalue weighted by Crippen LogP contribution is 2.33. The molecule has 0 spiro atoms. The summed E-state index contributed by atoms with van der Waals surface area (Å²) in [6.45, 7) is 3.75. The Balaban J connectivity index is 1.67. The van der Waals surface area contributed by atoms with Crippen LogP contribution in [0.1, 0.15) is 40.9 Å². The largest absolute Gasteiger partial charge is 0.462 e. The molecule has 0 radical (unpaired) electrons. The Morgan fingerprint density at radius 3 is 2.67 bits per heavy atom. The minimum absolute atomic E-state index is 0.127. The fourth-order valence-electron chi connectivity index (χ4n) is 3.89. The van der Waals surface area contributed by atoms with E-state index in [1.165, 1.54) is 34.7 Å². The molecule has 4 rings (SSSR count). The third-order valence-corrected chi connectivity index (χ3v) is 5.32. The Morgan fingerprint density at radius 1 is 1.17 bits per heavy atom. The van der Waals surface area contributed by atoms with E-state index in [0.29, 0.717) is 0 Å². The molecule has 3 aromatic rings. The number of nitro benzene ring substituents is 1. The van der Waals surface area contributed by atoms with Crippen molar-refractivity contribution in [3.05, 3.63) is 80.9 Å². The maximum Gasteiger partial charge on any atom is 0.338 e. The first-order valence-electron chi connectivity index (χ1n) is 9.79. The Bertz CT molecular complexity index is 1190. The molecule has 0 amide bonds. The molecule has 0 saturated heterocycles. The van der Waals surface area contributed by atoms with Crippen LogP contribution in [-0.4, -0.2) is 23.2 Å². The molecule has 1 N–H and O–H groups in total. The number of hydrogen-bond donors (Lipinski definition) is 1. The maximum atomic E-state index is 11.9. The molecule has 7 heteroatoms.